The molecule has 2 aliphatic rings. The third-order valence-electron chi connectivity index (χ3n) is 5.06. The van der Waals surface area contributed by atoms with Crippen LogP contribution in [0.4, 0.5) is 11.8 Å². The van der Waals surface area contributed by atoms with Crippen LogP contribution in [0.25, 0.3) is 10.9 Å². The van der Waals surface area contributed by atoms with Crippen LogP contribution in [-0.4, -0.2) is 35.3 Å². The molecule has 128 valence electrons. The number of benzene rings is 1. The Kier molecular flexibility index (Phi) is 4.78. The molecule has 1 atom stereocenters. The molecule has 5 nitrogen and oxygen atoms in total. The van der Waals surface area contributed by atoms with E-state index in [1.807, 2.05) is 12.1 Å². The maximum atomic E-state index is 5.72. The average Bonchev–Trinajstić information content (AvgIpc) is 3.14. The normalized spacial score (nSPS) is 21.9. The van der Waals surface area contributed by atoms with Gasteiger partial charge in [-0.2, -0.15) is 4.98 Å². The smallest absolute Gasteiger partial charge is 0.225 e. The van der Waals surface area contributed by atoms with Gasteiger partial charge >= 0.3 is 0 Å². The SMILES string of the molecule is c1ccc2c(NCC3CCCO3)nc(NC3CCCCC3)nc2c1. The van der Waals surface area contributed by atoms with Gasteiger partial charge in [-0.1, -0.05) is 31.4 Å². The van der Waals surface area contributed by atoms with Gasteiger partial charge in [0.05, 0.1) is 11.6 Å². The second-order valence-corrected chi connectivity index (χ2v) is 6.91. The Labute approximate surface area is 143 Å². The molecule has 1 unspecified atom stereocenters. The number of aromatic nitrogens is 2. The zero-order valence-electron chi connectivity index (χ0n) is 14.1. The van der Waals surface area contributed by atoms with Crippen molar-refractivity contribution in [1.29, 1.82) is 0 Å². The van der Waals surface area contributed by atoms with Gasteiger partial charge < -0.3 is 15.4 Å². The molecule has 1 saturated heterocycles. The van der Waals surface area contributed by atoms with Gasteiger partial charge in [0.25, 0.3) is 0 Å². The predicted octanol–water partition coefficient (Wildman–Crippen LogP) is 3.97. The van der Waals surface area contributed by atoms with Crippen LogP contribution < -0.4 is 10.6 Å². The van der Waals surface area contributed by atoms with E-state index in [0.717, 1.165) is 48.7 Å². The summed E-state index contributed by atoms with van der Waals surface area (Å²) in [5.41, 5.74) is 0.987. The molecular formula is C19H26N4O. The molecule has 1 aliphatic heterocycles. The van der Waals surface area contributed by atoms with Crippen LogP contribution in [0.15, 0.2) is 24.3 Å². The standard InChI is InChI=1S/C19H26N4O/c1-2-7-14(8-3-1)21-19-22-17-11-5-4-10-16(17)18(23-19)20-13-15-9-6-12-24-15/h4-5,10-11,14-15H,1-3,6-9,12-13H2,(H2,20,21,22,23). The number of nitrogens with one attached hydrogen (secondary N) is 2. The van der Waals surface area contributed by atoms with Gasteiger partial charge in [-0.25, -0.2) is 4.98 Å². The highest BCUT2D eigenvalue weighted by molar-refractivity contribution is 5.90. The van der Waals surface area contributed by atoms with Crippen molar-refractivity contribution >= 4 is 22.7 Å². The molecule has 2 aromatic rings. The van der Waals surface area contributed by atoms with Gasteiger partial charge in [0.2, 0.25) is 5.95 Å². The van der Waals surface area contributed by atoms with Crippen molar-refractivity contribution in [3.8, 4) is 0 Å². The number of hydrogen-bond donors (Lipinski definition) is 2. The molecule has 2 heterocycles. The molecule has 0 spiro atoms. The third kappa shape index (κ3) is 3.61. The number of ether oxygens (including phenoxy) is 1. The first-order chi connectivity index (χ1) is 11.9. The van der Waals surface area contributed by atoms with E-state index in [0.29, 0.717) is 12.1 Å². The summed E-state index contributed by atoms with van der Waals surface area (Å²) in [7, 11) is 0. The fourth-order valence-corrected chi connectivity index (χ4v) is 3.72. The summed E-state index contributed by atoms with van der Waals surface area (Å²) < 4.78 is 5.72. The molecule has 24 heavy (non-hydrogen) atoms. The van der Waals surface area contributed by atoms with Crippen LogP contribution in [0.1, 0.15) is 44.9 Å². The molecule has 2 N–H and O–H groups in total. The van der Waals surface area contributed by atoms with E-state index in [4.69, 9.17) is 14.7 Å². The summed E-state index contributed by atoms with van der Waals surface area (Å²) in [5.74, 6) is 1.66. The molecule has 1 saturated carbocycles. The quantitative estimate of drug-likeness (QED) is 0.871. The maximum Gasteiger partial charge on any atom is 0.225 e. The summed E-state index contributed by atoms with van der Waals surface area (Å²) in [6.45, 7) is 1.69. The van der Waals surface area contributed by atoms with Crippen molar-refractivity contribution in [2.24, 2.45) is 0 Å². The van der Waals surface area contributed by atoms with Crippen molar-refractivity contribution in [1.82, 2.24) is 9.97 Å². The van der Waals surface area contributed by atoms with Crippen molar-refractivity contribution in [2.45, 2.75) is 57.1 Å². The Morgan fingerprint density at radius 2 is 1.88 bits per heavy atom. The lowest BCUT2D eigenvalue weighted by molar-refractivity contribution is 0.120. The van der Waals surface area contributed by atoms with Gasteiger partial charge in [-0.15, -0.1) is 0 Å². The van der Waals surface area contributed by atoms with Crippen LogP contribution in [0.3, 0.4) is 0 Å². The number of rotatable bonds is 5. The summed E-state index contributed by atoms with van der Waals surface area (Å²) in [6, 6.07) is 8.71. The van der Waals surface area contributed by atoms with E-state index in [2.05, 4.69) is 22.8 Å². The van der Waals surface area contributed by atoms with E-state index >= 15 is 0 Å². The minimum atomic E-state index is 0.300. The summed E-state index contributed by atoms with van der Waals surface area (Å²) in [6.07, 6.45) is 8.97. The lowest BCUT2D eigenvalue weighted by Gasteiger charge is -2.23. The van der Waals surface area contributed by atoms with Crippen molar-refractivity contribution in [3.63, 3.8) is 0 Å². The third-order valence-corrected chi connectivity index (χ3v) is 5.06. The van der Waals surface area contributed by atoms with Crippen LogP contribution in [0, 0.1) is 0 Å². The number of hydrogen-bond acceptors (Lipinski definition) is 5. The van der Waals surface area contributed by atoms with Gasteiger partial charge in [0.15, 0.2) is 0 Å². The Morgan fingerprint density at radius 1 is 1.00 bits per heavy atom. The number of fused-ring (bicyclic) bond motifs is 1. The first-order valence-corrected chi connectivity index (χ1v) is 9.27. The summed E-state index contributed by atoms with van der Waals surface area (Å²) in [4.78, 5) is 9.48. The zero-order chi connectivity index (χ0) is 16.2. The Bertz CT molecular complexity index is 678. The van der Waals surface area contributed by atoms with Crippen LogP contribution in [-0.2, 0) is 4.74 Å². The Balaban J connectivity index is 1.55. The second kappa shape index (κ2) is 7.34. The van der Waals surface area contributed by atoms with Crippen molar-refractivity contribution in [3.05, 3.63) is 24.3 Å². The average molecular weight is 326 g/mol. The first kappa shape index (κ1) is 15.6. The molecular weight excluding hydrogens is 300 g/mol. The molecule has 4 rings (SSSR count). The minimum Gasteiger partial charge on any atom is -0.376 e. The molecule has 1 aliphatic carbocycles. The molecule has 2 fully saturated rings. The maximum absolute atomic E-state index is 5.72. The van der Waals surface area contributed by atoms with Crippen LogP contribution >= 0.6 is 0 Å². The van der Waals surface area contributed by atoms with Gasteiger partial charge in [0.1, 0.15) is 5.82 Å². The van der Waals surface area contributed by atoms with E-state index in [-0.39, 0.29) is 0 Å². The highest BCUT2D eigenvalue weighted by Gasteiger charge is 2.18. The minimum absolute atomic E-state index is 0.300. The van der Waals surface area contributed by atoms with E-state index < -0.39 is 0 Å². The molecule has 5 heteroatoms. The molecule has 1 aromatic carbocycles. The van der Waals surface area contributed by atoms with Gasteiger partial charge in [0, 0.05) is 24.6 Å². The number of para-hydroxylation sites is 1. The topological polar surface area (TPSA) is 59.1 Å². The molecule has 0 amide bonds. The van der Waals surface area contributed by atoms with Crippen LogP contribution in [0.2, 0.25) is 0 Å². The molecule has 0 radical (unpaired) electrons. The van der Waals surface area contributed by atoms with Gasteiger partial charge in [-0.3, -0.25) is 0 Å². The molecule has 1 aromatic heterocycles. The number of nitrogens with zero attached hydrogens (tertiary/aromatic N) is 2. The zero-order valence-corrected chi connectivity index (χ0v) is 14.1. The fourth-order valence-electron chi connectivity index (χ4n) is 3.72. The number of anilines is 2. The van der Waals surface area contributed by atoms with E-state index in [1.54, 1.807) is 0 Å². The lowest BCUT2D eigenvalue weighted by atomic mass is 9.96. The molecule has 0 bridgehead atoms. The fraction of sp³-hybridized carbons (Fsp3) is 0.579. The van der Waals surface area contributed by atoms with Gasteiger partial charge in [-0.05, 0) is 37.8 Å². The largest absolute Gasteiger partial charge is 0.376 e. The van der Waals surface area contributed by atoms with Crippen molar-refractivity contribution < 1.29 is 4.74 Å². The Hall–Kier alpha value is -1.88. The second-order valence-electron chi connectivity index (χ2n) is 6.91. The predicted molar refractivity (Wildman–Crippen MR) is 97.5 cm³/mol. The van der Waals surface area contributed by atoms with Crippen molar-refractivity contribution in [2.75, 3.05) is 23.8 Å². The first-order valence-electron chi connectivity index (χ1n) is 9.27. The van der Waals surface area contributed by atoms with E-state index in [1.165, 1.54) is 32.1 Å². The summed E-state index contributed by atoms with van der Waals surface area (Å²) in [5, 5.41) is 8.11. The lowest BCUT2D eigenvalue weighted by Crippen LogP contribution is -2.24. The Morgan fingerprint density at radius 3 is 2.71 bits per heavy atom. The monoisotopic (exact) mass is 326 g/mol. The van der Waals surface area contributed by atoms with E-state index in [9.17, 15) is 0 Å². The van der Waals surface area contributed by atoms with Crippen LogP contribution in [0.5, 0.6) is 0 Å². The summed E-state index contributed by atoms with van der Waals surface area (Å²) >= 11 is 0. The highest BCUT2D eigenvalue weighted by Crippen LogP contribution is 2.25. The highest BCUT2D eigenvalue weighted by atomic mass is 16.5.